The number of morpholine rings is 1. The number of halogens is 2. The van der Waals surface area contributed by atoms with E-state index in [1.165, 1.54) is 23.7 Å². The fourth-order valence-corrected chi connectivity index (χ4v) is 3.13. The molecule has 28 heavy (non-hydrogen) atoms. The van der Waals surface area contributed by atoms with Gasteiger partial charge in [-0.1, -0.05) is 6.07 Å². The third kappa shape index (κ3) is 4.85. The van der Waals surface area contributed by atoms with Gasteiger partial charge in [0.1, 0.15) is 17.5 Å². The Morgan fingerprint density at radius 3 is 2.61 bits per heavy atom. The molecule has 1 fully saturated rings. The van der Waals surface area contributed by atoms with Gasteiger partial charge in [0.2, 0.25) is 0 Å². The van der Waals surface area contributed by atoms with Crippen LogP contribution in [-0.4, -0.2) is 53.4 Å². The van der Waals surface area contributed by atoms with Crippen molar-refractivity contribution >= 4 is 5.82 Å². The number of nitrogens with one attached hydrogen (secondary N) is 1. The van der Waals surface area contributed by atoms with Crippen LogP contribution in [0.2, 0.25) is 0 Å². The van der Waals surface area contributed by atoms with E-state index in [2.05, 4.69) is 10.2 Å². The van der Waals surface area contributed by atoms with Crippen LogP contribution in [0, 0.1) is 11.6 Å². The molecule has 9 heteroatoms. The first kappa shape index (κ1) is 20.2. The molecule has 1 saturated heterocycles. The number of anilines is 1. The van der Waals surface area contributed by atoms with E-state index in [-0.39, 0.29) is 12.1 Å². The summed E-state index contributed by atoms with van der Waals surface area (Å²) in [5, 5.41) is 3.11. The molecule has 0 spiro atoms. The molecule has 152 valence electrons. The van der Waals surface area contributed by atoms with Gasteiger partial charge in [-0.05, 0) is 19.0 Å². The van der Waals surface area contributed by atoms with Crippen LogP contribution in [0.25, 0.3) is 0 Å². The lowest BCUT2D eigenvalue weighted by molar-refractivity contribution is 0.0378. The SMILES string of the molecule is Cn1c(=O)cc(NCCCN2CCOCC2)n(Cc2ccc(F)cc2F)c1=O. The summed E-state index contributed by atoms with van der Waals surface area (Å²) >= 11 is 0. The monoisotopic (exact) mass is 394 g/mol. The highest BCUT2D eigenvalue weighted by Gasteiger charge is 2.13. The van der Waals surface area contributed by atoms with Crippen molar-refractivity contribution in [3.8, 4) is 0 Å². The Hall–Kier alpha value is -2.52. The van der Waals surface area contributed by atoms with Gasteiger partial charge in [0.05, 0.1) is 19.8 Å². The van der Waals surface area contributed by atoms with Gasteiger partial charge in [-0.25, -0.2) is 13.6 Å². The van der Waals surface area contributed by atoms with E-state index >= 15 is 0 Å². The molecule has 7 nitrogen and oxygen atoms in total. The van der Waals surface area contributed by atoms with Gasteiger partial charge in [-0.15, -0.1) is 0 Å². The third-order valence-electron chi connectivity index (χ3n) is 4.80. The summed E-state index contributed by atoms with van der Waals surface area (Å²) in [6.45, 7) is 4.55. The Labute approximate surface area is 161 Å². The smallest absolute Gasteiger partial charge is 0.332 e. The largest absolute Gasteiger partial charge is 0.379 e. The number of nitrogens with zero attached hydrogens (tertiary/aromatic N) is 3. The molecule has 1 aromatic carbocycles. The Balaban J connectivity index is 1.74. The standard InChI is InChI=1S/C19H24F2N4O3/c1-23-18(26)12-17(22-5-2-6-24-7-9-28-10-8-24)25(19(23)27)13-14-3-4-15(20)11-16(14)21/h3-4,11-12,22H,2,5-10,13H2,1H3. The van der Waals surface area contributed by atoms with Crippen molar-refractivity contribution in [3.63, 3.8) is 0 Å². The Bertz CT molecular complexity index is 936. The van der Waals surface area contributed by atoms with Gasteiger partial charge in [0.25, 0.3) is 5.56 Å². The second-order valence-corrected chi connectivity index (χ2v) is 6.77. The second kappa shape index (κ2) is 9.11. The summed E-state index contributed by atoms with van der Waals surface area (Å²) in [6, 6.07) is 4.53. The van der Waals surface area contributed by atoms with Crippen LogP contribution in [0.4, 0.5) is 14.6 Å². The molecule has 0 atom stereocenters. The molecule has 1 aliphatic rings. The summed E-state index contributed by atoms with van der Waals surface area (Å²) in [5.41, 5.74) is -0.845. The zero-order valence-corrected chi connectivity index (χ0v) is 15.8. The maximum atomic E-state index is 14.0. The van der Waals surface area contributed by atoms with E-state index in [1.807, 2.05) is 0 Å². The van der Waals surface area contributed by atoms with Crippen LogP contribution in [0.5, 0.6) is 0 Å². The lowest BCUT2D eigenvalue weighted by atomic mass is 10.2. The molecule has 1 aromatic heterocycles. The summed E-state index contributed by atoms with van der Waals surface area (Å²) in [5.74, 6) is -1.10. The van der Waals surface area contributed by atoms with Crippen molar-refractivity contribution in [2.75, 3.05) is 44.7 Å². The zero-order chi connectivity index (χ0) is 20.1. The number of ether oxygens (including phenoxy) is 1. The molecular weight excluding hydrogens is 370 g/mol. The lowest BCUT2D eigenvalue weighted by Crippen LogP contribution is -2.39. The zero-order valence-electron chi connectivity index (χ0n) is 15.8. The van der Waals surface area contributed by atoms with E-state index in [4.69, 9.17) is 4.74 Å². The minimum Gasteiger partial charge on any atom is -0.379 e. The van der Waals surface area contributed by atoms with Crippen molar-refractivity contribution in [2.24, 2.45) is 7.05 Å². The Morgan fingerprint density at radius 1 is 1.14 bits per heavy atom. The summed E-state index contributed by atoms with van der Waals surface area (Å²) in [7, 11) is 1.37. The first-order valence-electron chi connectivity index (χ1n) is 9.24. The first-order valence-corrected chi connectivity index (χ1v) is 9.24. The van der Waals surface area contributed by atoms with Crippen molar-refractivity contribution in [2.45, 2.75) is 13.0 Å². The van der Waals surface area contributed by atoms with Gasteiger partial charge >= 0.3 is 5.69 Å². The molecule has 3 rings (SSSR count). The molecule has 1 aliphatic heterocycles. The molecule has 0 radical (unpaired) electrons. The highest BCUT2D eigenvalue weighted by Crippen LogP contribution is 2.13. The fourth-order valence-electron chi connectivity index (χ4n) is 3.13. The average Bonchev–Trinajstić information content (AvgIpc) is 2.68. The third-order valence-corrected chi connectivity index (χ3v) is 4.80. The summed E-state index contributed by atoms with van der Waals surface area (Å²) in [4.78, 5) is 26.8. The van der Waals surface area contributed by atoms with E-state index in [0.29, 0.717) is 12.4 Å². The molecule has 2 aromatic rings. The molecule has 0 bridgehead atoms. The second-order valence-electron chi connectivity index (χ2n) is 6.77. The van der Waals surface area contributed by atoms with Crippen molar-refractivity contribution in [1.29, 1.82) is 0 Å². The van der Waals surface area contributed by atoms with Gasteiger partial charge in [0, 0.05) is 44.4 Å². The molecule has 2 heterocycles. The molecule has 0 aliphatic carbocycles. The highest BCUT2D eigenvalue weighted by atomic mass is 19.1. The van der Waals surface area contributed by atoms with E-state index < -0.39 is 22.9 Å². The predicted octanol–water partition coefficient (Wildman–Crippen LogP) is 1.01. The number of hydrogen-bond donors (Lipinski definition) is 1. The van der Waals surface area contributed by atoms with Gasteiger partial charge in [-0.3, -0.25) is 18.8 Å². The lowest BCUT2D eigenvalue weighted by Gasteiger charge is -2.26. The molecule has 0 unspecified atom stereocenters. The van der Waals surface area contributed by atoms with Gasteiger partial charge in [-0.2, -0.15) is 0 Å². The van der Waals surface area contributed by atoms with Crippen molar-refractivity contribution in [1.82, 2.24) is 14.0 Å². The number of rotatable bonds is 7. The molecule has 1 N–H and O–H groups in total. The number of hydrogen-bond acceptors (Lipinski definition) is 5. The Morgan fingerprint density at radius 2 is 1.89 bits per heavy atom. The fraction of sp³-hybridized carbons (Fsp3) is 0.474. The molecular formula is C19H24F2N4O3. The Kier molecular flexibility index (Phi) is 6.58. The summed E-state index contributed by atoms with van der Waals surface area (Å²) < 4.78 is 34.7. The number of benzene rings is 1. The average molecular weight is 394 g/mol. The highest BCUT2D eigenvalue weighted by molar-refractivity contribution is 5.35. The summed E-state index contributed by atoms with van der Waals surface area (Å²) in [6.07, 6.45) is 0.814. The number of aromatic nitrogens is 2. The normalized spacial score (nSPS) is 15.0. The van der Waals surface area contributed by atoms with Crippen molar-refractivity contribution in [3.05, 3.63) is 62.3 Å². The molecule has 0 amide bonds. The topological polar surface area (TPSA) is 68.5 Å². The van der Waals surface area contributed by atoms with Crippen LogP contribution < -0.4 is 16.6 Å². The van der Waals surface area contributed by atoms with E-state index in [9.17, 15) is 18.4 Å². The van der Waals surface area contributed by atoms with Crippen LogP contribution in [0.1, 0.15) is 12.0 Å². The predicted molar refractivity (Wildman–Crippen MR) is 102 cm³/mol. The van der Waals surface area contributed by atoms with Crippen LogP contribution in [-0.2, 0) is 18.3 Å². The van der Waals surface area contributed by atoms with Crippen LogP contribution in [0.3, 0.4) is 0 Å². The van der Waals surface area contributed by atoms with Gasteiger partial charge in [0.15, 0.2) is 0 Å². The quantitative estimate of drug-likeness (QED) is 0.710. The maximum absolute atomic E-state index is 14.0. The minimum absolute atomic E-state index is 0.106. The van der Waals surface area contributed by atoms with Crippen LogP contribution in [0.15, 0.2) is 33.9 Å². The first-order chi connectivity index (χ1) is 13.5. The molecule has 0 saturated carbocycles. The minimum atomic E-state index is -0.737. The van der Waals surface area contributed by atoms with E-state index in [1.54, 1.807) is 0 Å². The van der Waals surface area contributed by atoms with Gasteiger partial charge < -0.3 is 10.1 Å². The van der Waals surface area contributed by atoms with Crippen LogP contribution >= 0.6 is 0 Å². The van der Waals surface area contributed by atoms with E-state index in [0.717, 1.165) is 56.0 Å². The maximum Gasteiger partial charge on any atom is 0.332 e. The van der Waals surface area contributed by atoms with Crippen molar-refractivity contribution < 1.29 is 13.5 Å².